The average molecular weight is 371 g/mol. The van der Waals surface area contributed by atoms with Crippen LogP contribution in [0.2, 0.25) is 5.02 Å². The quantitative estimate of drug-likeness (QED) is 0.549. The van der Waals surface area contributed by atoms with Crippen molar-refractivity contribution >= 4 is 23.0 Å². The third-order valence-electron chi connectivity index (χ3n) is 4.18. The van der Waals surface area contributed by atoms with Crippen LogP contribution in [-0.4, -0.2) is 11.5 Å². The number of non-ortho nitro benzene ring substituents is 1. The van der Waals surface area contributed by atoms with Crippen LogP contribution in [0.15, 0.2) is 36.4 Å². The van der Waals surface area contributed by atoms with E-state index in [1.807, 2.05) is 4.90 Å². The maximum atomic E-state index is 12.6. The summed E-state index contributed by atoms with van der Waals surface area (Å²) in [5.41, 5.74) is 1.48. The Labute approximate surface area is 147 Å². The Kier molecular flexibility index (Phi) is 4.60. The fourth-order valence-corrected chi connectivity index (χ4v) is 3.39. The third-order valence-corrected chi connectivity index (χ3v) is 4.47. The first-order chi connectivity index (χ1) is 11.8. The number of aryl methyl sites for hydroxylation is 1. The smallest absolute Gasteiger partial charge is 0.366 e. The average Bonchev–Trinajstić information content (AvgIpc) is 2.54. The van der Waals surface area contributed by atoms with Crippen LogP contribution in [0.4, 0.5) is 24.5 Å². The van der Waals surface area contributed by atoms with E-state index < -0.39 is 16.7 Å². The maximum Gasteiger partial charge on any atom is 0.416 e. The van der Waals surface area contributed by atoms with Crippen molar-refractivity contribution in [3.63, 3.8) is 0 Å². The number of rotatable bonds is 3. The highest BCUT2D eigenvalue weighted by Crippen LogP contribution is 2.38. The van der Waals surface area contributed by atoms with Gasteiger partial charge in [0.1, 0.15) is 0 Å². The van der Waals surface area contributed by atoms with E-state index in [0.29, 0.717) is 19.5 Å². The zero-order chi connectivity index (χ0) is 18.2. The first-order valence-electron chi connectivity index (χ1n) is 7.63. The first kappa shape index (κ1) is 17.5. The fourth-order valence-electron chi connectivity index (χ4n) is 3.04. The van der Waals surface area contributed by atoms with Gasteiger partial charge in [0.05, 0.1) is 21.2 Å². The molecule has 0 spiro atoms. The van der Waals surface area contributed by atoms with E-state index in [1.54, 1.807) is 0 Å². The van der Waals surface area contributed by atoms with Crippen LogP contribution in [0, 0.1) is 10.1 Å². The summed E-state index contributed by atoms with van der Waals surface area (Å²) in [6, 6.07) is 7.81. The first-order valence-corrected chi connectivity index (χ1v) is 8.01. The Bertz CT molecular complexity index is 807. The lowest BCUT2D eigenvalue weighted by atomic mass is 10.00. The fraction of sp³-hybridized carbons (Fsp3) is 0.294. The Morgan fingerprint density at radius 3 is 2.48 bits per heavy atom. The van der Waals surface area contributed by atoms with E-state index in [4.69, 9.17) is 11.6 Å². The number of alkyl halides is 3. The van der Waals surface area contributed by atoms with Crippen LogP contribution in [0.5, 0.6) is 0 Å². The van der Waals surface area contributed by atoms with Crippen LogP contribution in [0.3, 0.4) is 0 Å². The summed E-state index contributed by atoms with van der Waals surface area (Å²) in [4.78, 5) is 12.4. The zero-order valence-electron chi connectivity index (χ0n) is 13.0. The lowest BCUT2D eigenvalue weighted by Crippen LogP contribution is -2.29. The minimum Gasteiger partial charge on any atom is -0.366 e. The van der Waals surface area contributed by atoms with Crippen LogP contribution < -0.4 is 4.90 Å². The number of nitro groups is 1. The molecule has 2 aromatic rings. The molecule has 0 saturated heterocycles. The number of hydrogen-bond donors (Lipinski definition) is 0. The normalized spacial score (nSPS) is 14.3. The largest absolute Gasteiger partial charge is 0.416 e. The molecule has 1 aliphatic rings. The van der Waals surface area contributed by atoms with Gasteiger partial charge in [0.15, 0.2) is 0 Å². The number of benzene rings is 2. The van der Waals surface area contributed by atoms with Gasteiger partial charge in [0.25, 0.3) is 5.69 Å². The van der Waals surface area contributed by atoms with Crippen molar-refractivity contribution < 1.29 is 18.1 Å². The second-order valence-electron chi connectivity index (χ2n) is 5.91. The summed E-state index contributed by atoms with van der Waals surface area (Å²) < 4.78 is 37.9. The molecule has 25 heavy (non-hydrogen) atoms. The highest BCUT2D eigenvalue weighted by molar-refractivity contribution is 6.33. The van der Waals surface area contributed by atoms with Gasteiger partial charge in [-0.2, -0.15) is 13.2 Å². The molecule has 1 heterocycles. The Balaban J connectivity index is 1.87. The van der Waals surface area contributed by atoms with Crippen molar-refractivity contribution in [3.05, 3.63) is 68.2 Å². The van der Waals surface area contributed by atoms with Crippen LogP contribution in [0.1, 0.15) is 23.1 Å². The Morgan fingerprint density at radius 2 is 1.88 bits per heavy atom. The number of nitro benzene ring substituents is 1. The Morgan fingerprint density at radius 1 is 1.20 bits per heavy atom. The minimum atomic E-state index is -4.36. The molecule has 0 fully saturated rings. The molecule has 0 atom stereocenters. The van der Waals surface area contributed by atoms with E-state index in [1.165, 1.54) is 24.3 Å². The molecule has 0 saturated carbocycles. The minimum absolute atomic E-state index is 0.0554. The summed E-state index contributed by atoms with van der Waals surface area (Å²) in [7, 11) is 0. The maximum absolute atomic E-state index is 12.6. The lowest BCUT2D eigenvalue weighted by Gasteiger charge is -2.32. The van der Waals surface area contributed by atoms with Gasteiger partial charge < -0.3 is 4.90 Å². The summed E-state index contributed by atoms with van der Waals surface area (Å²) in [6.45, 7) is 1.08. The predicted molar refractivity (Wildman–Crippen MR) is 88.9 cm³/mol. The van der Waals surface area contributed by atoms with Crippen molar-refractivity contribution in [1.82, 2.24) is 0 Å². The van der Waals surface area contributed by atoms with Crippen LogP contribution in [0.25, 0.3) is 0 Å². The summed E-state index contributed by atoms with van der Waals surface area (Å²) in [5.74, 6) is 0. The molecule has 0 bridgehead atoms. The number of hydrogen-bond acceptors (Lipinski definition) is 3. The van der Waals surface area contributed by atoms with Gasteiger partial charge in [-0.05, 0) is 36.1 Å². The number of fused-ring (bicyclic) bond motifs is 1. The molecule has 0 N–H and O–H groups in total. The van der Waals surface area contributed by atoms with Gasteiger partial charge in [0.2, 0.25) is 0 Å². The second kappa shape index (κ2) is 6.55. The molecule has 132 valence electrons. The third kappa shape index (κ3) is 3.71. The summed E-state index contributed by atoms with van der Waals surface area (Å²) >= 11 is 6.24. The van der Waals surface area contributed by atoms with Crippen molar-refractivity contribution in [2.24, 2.45) is 0 Å². The van der Waals surface area contributed by atoms with Crippen molar-refractivity contribution in [3.8, 4) is 0 Å². The number of nitrogens with zero attached hydrogens (tertiary/aromatic N) is 2. The number of halogens is 4. The molecule has 4 nitrogen and oxygen atoms in total. The number of anilines is 1. The van der Waals surface area contributed by atoms with Crippen molar-refractivity contribution in [1.29, 1.82) is 0 Å². The molecule has 3 rings (SSSR count). The van der Waals surface area contributed by atoms with E-state index >= 15 is 0 Å². The standard InChI is InChI=1S/C17H14ClF3N2O2/c18-15-9-14(23(24)25)8-12-2-1-7-22(16(12)15)10-11-3-5-13(6-4-11)17(19,20)21/h3-6,8-9H,1-2,7,10H2. The predicted octanol–water partition coefficient (Wildman–Crippen LogP) is 5.22. The highest BCUT2D eigenvalue weighted by Gasteiger charge is 2.30. The molecule has 0 unspecified atom stereocenters. The van der Waals surface area contributed by atoms with Gasteiger partial charge in [-0.25, -0.2) is 0 Å². The molecular formula is C17H14ClF3N2O2. The van der Waals surface area contributed by atoms with E-state index in [2.05, 4.69) is 0 Å². The lowest BCUT2D eigenvalue weighted by molar-refractivity contribution is -0.384. The summed E-state index contributed by atoms with van der Waals surface area (Å²) in [5, 5.41) is 11.3. The monoisotopic (exact) mass is 370 g/mol. The second-order valence-corrected chi connectivity index (χ2v) is 6.32. The van der Waals surface area contributed by atoms with Gasteiger partial charge in [-0.3, -0.25) is 10.1 Å². The zero-order valence-corrected chi connectivity index (χ0v) is 13.8. The summed E-state index contributed by atoms with van der Waals surface area (Å²) in [6.07, 6.45) is -2.89. The van der Waals surface area contributed by atoms with Crippen molar-refractivity contribution in [2.45, 2.75) is 25.6 Å². The van der Waals surface area contributed by atoms with Gasteiger partial charge in [-0.1, -0.05) is 23.7 Å². The SMILES string of the molecule is O=[N+]([O-])c1cc(Cl)c2c(c1)CCCN2Cc1ccc(C(F)(F)F)cc1. The highest BCUT2D eigenvalue weighted by atomic mass is 35.5. The molecular weight excluding hydrogens is 357 g/mol. The topological polar surface area (TPSA) is 46.4 Å². The molecule has 0 radical (unpaired) electrons. The molecule has 8 heteroatoms. The molecule has 0 amide bonds. The Hall–Kier alpha value is -2.28. The molecule has 0 aromatic heterocycles. The van der Waals surface area contributed by atoms with Crippen LogP contribution >= 0.6 is 11.6 Å². The molecule has 1 aliphatic heterocycles. The molecule has 0 aliphatic carbocycles. The van der Waals surface area contributed by atoms with Gasteiger partial charge in [-0.15, -0.1) is 0 Å². The molecule has 2 aromatic carbocycles. The van der Waals surface area contributed by atoms with E-state index in [9.17, 15) is 23.3 Å². The van der Waals surface area contributed by atoms with Gasteiger partial charge in [0, 0.05) is 25.2 Å². The van der Waals surface area contributed by atoms with Crippen LogP contribution in [-0.2, 0) is 19.1 Å². The van der Waals surface area contributed by atoms with E-state index in [-0.39, 0.29) is 10.7 Å². The van der Waals surface area contributed by atoms with Crippen molar-refractivity contribution in [2.75, 3.05) is 11.4 Å². The van der Waals surface area contributed by atoms with Gasteiger partial charge >= 0.3 is 6.18 Å². The van der Waals surface area contributed by atoms with E-state index in [0.717, 1.165) is 35.4 Å².